The van der Waals surface area contributed by atoms with Gasteiger partial charge in [-0.05, 0) is 47.5 Å². The van der Waals surface area contributed by atoms with Gasteiger partial charge in [-0.25, -0.2) is 13.9 Å². The molecule has 1 aliphatic rings. The van der Waals surface area contributed by atoms with Crippen molar-refractivity contribution in [3.05, 3.63) is 83.6 Å². The summed E-state index contributed by atoms with van der Waals surface area (Å²) >= 11 is 0. The summed E-state index contributed by atoms with van der Waals surface area (Å²) in [6, 6.07) is 14.1. The molecule has 0 spiro atoms. The number of aromatic nitrogens is 3. The zero-order valence-corrected chi connectivity index (χ0v) is 19.7. The fourth-order valence-corrected chi connectivity index (χ4v) is 4.36. The summed E-state index contributed by atoms with van der Waals surface area (Å²) in [6.45, 7) is 3.43. The molecule has 0 atom stereocenters. The van der Waals surface area contributed by atoms with Gasteiger partial charge in [-0.1, -0.05) is 12.1 Å². The lowest BCUT2D eigenvalue weighted by Crippen LogP contribution is -2.29. The first-order valence-electron chi connectivity index (χ1n) is 11.7. The summed E-state index contributed by atoms with van der Waals surface area (Å²) in [5.41, 5.74) is 4.91. The zero-order chi connectivity index (χ0) is 24.9. The van der Waals surface area contributed by atoms with Gasteiger partial charge in [-0.15, -0.1) is 0 Å². The second-order valence-electron chi connectivity index (χ2n) is 8.72. The quantitative estimate of drug-likeness (QED) is 0.283. The Hall–Kier alpha value is -4.15. The molecular weight excluding hydrogens is 459 g/mol. The summed E-state index contributed by atoms with van der Waals surface area (Å²) < 4.78 is 15.2. The lowest BCUT2D eigenvalue weighted by Gasteiger charge is -2.18. The van der Waals surface area contributed by atoms with Crippen LogP contribution in [0.5, 0.6) is 0 Å². The number of carbonyl (C=O) groups is 1. The van der Waals surface area contributed by atoms with Gasteiger partial charge >= 0.3 is 0 Å². The Balaban J connectivity index is 1.36. The minimum atomic E-state index is -0.277. The van der Waals surface area contributed by atoms with Gasteiger partial charge in [-0.3, -0.25) is 9.69 Å². The van der Waals surface area contributed by atoms with E-state index in [1.54, 1.807) is 10.6 Å². The van der Waals surface area contributed by atoms with Crippen LogP contribution in [-0.4, -0.2) is 57.7 Å². The molecule has 10 heteroatoms. The number of anilines is 3. The Bertz CT molecular complexity index is 1400. The van der Waals surface area contributed by atoms with E-state index in [1.807, 2.05) is 36.5 Å². The van der Waals surface area contributed by atoms with Crippen molar-refractivity contribution in [3.8, 4) is 0 Å². The number of fused-ring (bicyclic) bond motifs is 1. The smallest absolute Gasteiger partial charge is 0.160 e. The lowest BCUT2D eigenvalue weighted by atomic mass is 10.1. The van der Waals surface area contributed by atoms with Crippen molar-refractivity contribution >= 4 is 34.7 Å². The molecule has 1 aliphatic heterocycles. The Morgan fingerprint density at radius 1 is 1.19 bits per heavy atom. The van der Waals surface area contributed by atoms with E-state index in [-0.39, 0.29) is 11.6 Å². The third-order valence-corrected chi connectivity index (χ3v) is 6.10. The summed E-state index contributed by atoms with van der Waals surface area (Å²) in [6.07, 6.45) is 4.66. The third kappa shape index (κ3) is 5.40. The largest absolute Gasteiger partial charge is 0.380 e. The van der Waals surface area contributed by atoms with Crippen LogP contribution in [0, 0.1) is 11.2 Å². The van der Waals surface area contributed by atoms with Crippen LogP contribution in [0.4, 0.5) is 21.6 Å². The van der Waals surface area contributed by atoms with Gasteiger partial charge in [0, 0.05) is 55.5 Å². The maximum atomic E-state index is 13.5. The Labute approximate surface area is 207 Å². The highest BCUT2D eigenvalue weighted by Gasteiger charge is 2.18. The monoisotopic (exact) mass is 486 g/mol. The van der Waals surface area contributed by atoms with Crippen LogP contribution in [0.3, 0.4) is 0 Å². The minimum absolute atomic E-state index is 0.177. The number of ketones is 1. The van der Waals surface area contributed by atoms with Gasteiger partial charge in [0.25, 0.3) is 0 Å². The van der Waals surface area contributed by atoms with E-state index in [9.17, 15) is 9.18 Å². The lowest BCUT2D eigenvalue weighted by molar-refractivity contribution is -0.118. The topological polar surface area (TPSA) is 110 Å². The van der Waals surface area contributed by atoms with E-state index in [1.165, 1.54) is 24.7 Å². The molecule has 5 rings (SSSR count). The van der Waals surface area contributed by atoms with Crippen LogP contribution in [0.15, 0.2) is 61.1 Å². The molecule has 2 aromatic carbocycles. The number of nitrogens with zero attached hydrogens (tertiary/aromatic N) is 4. The molecule has 0 saturated carbocycles. The predicted octanol–water partition coefficient (Wildman–Crippen LogP) is 3.20. The molecular formula is C26H27FN8O. The first-order valence-corrected chi connectivity index (χ1v) is 11.7. The molecule has 0 amide bonds. The fourth-order valence-electron chi connectivity index (χ4n) is 4.36. The summed E-state index contributed by atoms with van der Waals surface area (Å²) in [5, 5.41) is 22.0. The first-order chi connectivity index (χ1) is 17.6. The van der Waals surface area contributed by atoms with E-state index in [0.717, 1.165) is 41.1 Å². The fraction of sp³-hybridized carbons (Fsp3) is 0.231. The van der Waals surface area contributed by atoms with Crippen LogP contribution in [-0.2, 0) is 17.9 Å². The van der Waals surface area contributed by atoms with Crippen LogP contribution >= 0.6 is 0 Å². The van der Waals surface area contributed by atoms with Gasteiger partial charge in [0.15, 0.2) is 11.6 Å². The molecule has 1 saturated heterocycles. The van der Waals surface area contributed by atoms with Crippen LogP contribution in [0.1, 0.15) is 16.7 Å². The molecule has 184 valence electrons. The number of halogens is 1. The number of carbonyl (C=O) groups excluding carboxylic acids is 1. The van der Waals surface area contributed by atoms with Crippen LogP contribution in [0.25, 0.3) is 5.52 Å². The molecule has 1 fully saturated rings. The zero-order valence-electron chi connectivity index (χ0n) is 19.7. The Kier molecular flexibility index (Phi) is 6.96. The second kappa shape index (κ2) is 10.6. The standard InChI is InChI=1S/C26H27FN8O/c27-21-3-1-2-18(10-21)13-30-24-5-4-22(11-20(24)12-28)33-26-25-19(6-8-35(25)32-17-31-26)15-34-9-7-29-14-23(36)16-34/h1-6,8,10-12,17,28-30H,7,9,13-16H2,(H,31,32,33). The second-order valence-corrected chi connectivity index (χ2v) is 8.72. The van der Waals surface area contributed by atoms with Crippen molar-refractivity contribution in [1.82, 2.24) is 24.8 Å². The van der Waals surface area contributed by atoms with Crippen LogP contribution < -0.4 is 16.0 Å². The summed E-state index contributed by atoms with van der Waals surface area (Å²) in [7, 11) is 0. The molecule has 0 unspecified atom stereocenters. The average molecular weight is 487 g/mol. The molecule has 0 radical (unpaired) electrons. The van der Waals surface area contributed by atoms with E-state index < -0.39 is 0 Å². The van der Waals surface area contributed by atoms with Crippen molar-refractivity contribution in [2.45, 2.75) is 13.1 Å². The molecule has 0 aliphatic carbocycles. The highest BCUT2D eigenvalue weighted by Crippen LogP contribution is 2.26. The molecule has 2 aromatic heterocycles. The van der Waals surface area contributed by atoms with Crippen LogP contribution in [0.2, 0.25) is 0 Å². The maximum Gasteiger partial charge on any atom is 0.160 e. The van der Waals surface area contributed by atoms with Crippen molar-refractivity contribution in [2.24, 2.45) is 0 Å². The number of hydrogen-bond donors (Lipinski definition) is 4. The highest BCUT2D eigenvalue weighted by atomic mass is 19.1. The van der Waals surface area contributed by atoms with E-state index >= 15 is 0 Å². The van der Waals surface area contributed by atoms with Gasteiger partial charge in [0.1, 0.15) is 17.7 Å². The van der Waals surface area contributed by atoms with E-state index in [4.69, 9.17) is 5.41 Å². The number of Topliss-reactive ketones (excluding diaryl/α,β-unsaturated/α-hetero) is 1. The molecule has 0 bridgehead atoms. The predicted molar refractivity (Wildman–Crippen MR) is 137 cm³/mol. The van der Waals surface area contributed by atoms with Gasteiger partial charge < -0.3 is 21.4 Å². The molecule has 4 aromatic rings. The minimum Gasteiger partial charge on any atom is -0.380 e. The van der Waals surface area contributed by atoms with E-state index in [2.05, 4.69) is 30.9 Å². The first kappa shape index (κ1) is 23.6. The molecule has 9 nitrogen and oxygen atoms in total. The molecule has 4 N–H and O–H groups in total. The van der Waals surface area contributed by atoms with Crippen molar-refractivity contribution in [2.75, 3.05) is 36.8 Å². The number of rotatable bonds is 8. The number of nitrogens with one attached hydrogen (secondary N) is 4. The van der Waals surface area contributed by atoms with Gasteiger partial charge in [0.2, 0.25) is 0 Å². The van der Waals surface area contributed by atoms with Gasteiger partial charge in [-0.2, -0.15) is 5.10 Å². The van der Waals surface area contributed by atoms with Crippen molar-refractivity contribution in [1.29, 1.82) is 5.41 Å². The molecule has 36 heavy (non-hydrogen) atoms. The van der Waals surface area contributed by atoms with Crippen molar-refractivity contribution in [3.63, 3.8) is 0 Å². The normalized spacial score (nSPS) is 14.5. The maximum absolute atomic E-state index is 13.5. The van der Waals surface area contributed by atoms with E-state index in [0.29, 0.717) is 37.6 Å². The SMILES string of the molecule is N=Cc1cc(Nc2ncnn3ccc(CN4CCNCC(=O)C4)c23)ccc1NCc1cccc(F)c1. The highest BCUT2D eigenvalue weighted by molar-refractivity contribution is 5.88. The summed E-state index contributed by atoms with van der Waals surface area (Å²) in [4.78, 5) is 18.6. The number of benzene rings is 2. The number of hydrogen-bond acceptors (Lipinski definition) is 8. The Morgan fingerprint density at radius 2 is 2.11 bits per heavy atom. The van der Waals surface area contributed by atoms with Crippen molar-refractivity contribution < 1.29 is 9.18 Å². The summed E-state index contributed by atoms with van der Waals surface area (Å²) in [5.74, 6) is 0.540. The molecule has 3 heterocycles. The third-order valence-electron chi connectivity index (χ3n) is 6.10. The van der Waals surface area contributed by atoms with Gasteiger partial charge in [0.05, 0.1) is 13.1 Å². The average Bonchev–Trinajstić information content (AvgIpc) is 3.17. The Morgan fingerprint density at radius 3 is 2.97 bits per heavy atom.